The second-order valence-electron chi connectivity index (χ2n) is 3.39. The van der Waals surface area contributed by atoms with Gasteiger partial charge in [-0.1, -0.05) is 0 Å². The monoisotopic (exact) mass is 142 g/mol. The minimum atomic E-state index is 0.272. The van der Waals surface area contributed by atoms with E-state index in [1.54, 1.807) is 0 Å². The van der Waals surface area contributed by atoms with Gasteiger partial charge in [0.15, 0.2) is 0 Å². The highest BCUT2D eigenvalue weighted by Crippen LogP contribution is 2.06. The van der Waals surface area contributed by atoms with Gasteiger partial charge in [0.05, 0.1) is 32.0 Å². The molecule has 1 N–H and O–H groups in total. The summed E-state index contributed by atoms with van der Waals surface area (Å²) in [7, 11) is 2.16. The maximum atomic E-state index is 11.1. The van der Waals surface area contributed by atoms with E-state index >= 15 is 0 Å². The summed E-state index contributed by atoms with van der Waals surface area (Å²) in [5.41, 5.74) is 0. The molecule has 1 aliphatic rings. The molecule has 0 aromatic carbocycles. The van der Waals surface area contributed by atoms with Gasteiger partial charge in [0.25, 0.3) is 0 Å². The van der Waals surface area contributed by atoms with Gasteiger partial charge < -0.3 is 4.90 Å². The van der Waals surface area contributed by atoms with Crippen molar-refractivity contribution in [3.05, 3.63) is 0 Å². The summed E-state index contributed by atoms with van der Waals surface area (Å²) < 4.78 is 0. The zero-order valence-electron chi connectivity index (χ0n) is 6.98. The van der Waals surface area contributed by atoms with Gasteiger partial charge in [0.2, 0.25) is 0 Å². The Kier molecular flexibility index (Phi) is 2.09. The van der Waals surface area contributed by atoms with E-state index in [1.165, 1.54) is 4.90 Å². The number of hydrogen-bond acceptors (Lipinski definition) is 1. The number of rotatable bonds is 0. The first-order valence-corrected chi connectivity index (χ1v) is 3.98. The second kappa shape index (κ2) is 2.70. The average molecular weight is 142 g/mol. The number of hydrogen-bond donors (Lipinski definition) is 1. The SMILES string of the molecule is C[C@@H]1[C@@H](C)C(=O)CC[NH+]1C. The summed E-state index contributed by atoms with van der Waals surface area (Å²) in [5, 5.41) is 0. The molecule has 1 rings (SSSR count). The number of nitrogens with one attached hydrogen (secondary N) is 1. The van der Waals surface area contributed by atoms with E-state index in [0.29, 0.717) is 11.8 Å². The van der Waals surface area contributed by atoms with Gasteiger partial charge >= 0.3 is 0 Å². The Balaban J connectivity index is 2.60. The first-order chi connectivity index (χ1) is 4.63. The number of carbonyl (C=O) groups excluding carboxylic acids is 1. The lowest BCUT2D eigenvalue weighted by Gasteiger charge is -2.30. The Morgan fingerprint density at radius 1 is 1.50 bits per heavy atom. The van der Waals surface area contributed by atoms with Crippen LogP contribution in [-0.4, -0.2) is 25.4 Å². The quantitative estimate of drug-likeness (QED) is 0.484. The summed E-state index contributed by atoms with van der Waals surface area (Å²) in [6, 6.07) is 0.515. The molecule has 1 heterocycles. The van der Waals surface area contributed by atoms with Crippen LogP contribution < -0.4 is 4.90 Å². The van der Waals surface area contributed by atoms with Gasteiger partial charge in [-0.15, -0.1) is 0 Å². The van der Waals surface area contributed by atoms with Crippen molar-refractivity contribution in [3.8, 4) is 0 Å². The number of ketones is 1. The van der Waals surface area contributed by atoms with E-state index in [1.807, 2.05) is 6.92 Å². The van der Waals surface area contributed by atoms with Crippen molar-refractivity contribution in [2.75, 3.05) is 13.6 Å². The third-order valence-electron chi connectivity index (χ3n) is 2.80. The molecule has 0 spiro atoms. The van der Waals surface area contributed by atoms with Gasteiger partial charge in [-0.05, 0) is 13.8 Å². The van der Waals surface area contributed by atoms with Crippen LogP contribution in [0.15, 0.2) is 0 Å². The van der Waals surface area contributed by atoms with Gasteiger partial charge in [0, 0.05) is 0 Å². The number of likely N-dealkylation sites (tertiary alicyclic amines) is 1. The average Bonchev–Trinajstić information content (AvgIpc) is 1.93. The van der Waals surface area contributed by atoms with Crippen molar-refractivity contribution in [3.63, 3.8) is 0 Å². The normalized spacial score (nSPS) is 41.9. The maximum absolute atomic E-state index is 11.1. The molecule has 0 saturated carbocycles. The molecule has 1 saturated heterocycles. The lowest BCUT2D eigenvalue weighted by Crippen LogP contribution is -3.14. The van der Waals surface area contributed by atoms with Crippen LogP contribution in [0.25, 0.3) is 0 Å². The van der Waals surface area contributed by atoms with E-state index in [0.717, 1.165) is 13.0 Å². The first kappa shape index (κ1) is 7.73. The highest BCUT2D eigenvalue weighted by molar-refractivity contribution is 5.81. The Morgan fingerprint density at radius 2 is 2.10 bits per heavy atom. The number of quaternary nitrogens is 1. The fourth-order valence-electron chi connectivity index (χ4n) is 1.48. The minimum absolute atomic E-state index is 0.272. The maximum Gasteiger partial charge on any atom is 0.147 e. The predicted molar refractivity (Wildman–Crippen MR) is 40.0 cm³/mol. The topological polar surface area (TPSA) is 21.5 Å². The summed E-state index contributed by atoms with van der Waals surface area (Å²) in [6.45, 7) is 5.21. The molecule has 10 heavy (non-hydrogen) atoms. The van der Waals surface area contributed by atoms with Gasteiger partial charge in [-0.25, -0.2) is 0 Å². The van der Waals surface area contributed by atoms with Gasteiger partial charge in [-0.2, -0.15) is 0 Å². The Labute approximate surface area is 62.2 Å². The molecule has 2 nitrogen and oxygen atoms in total. The molecule has 1 aliphatic heterocycles. The number of carbonyl (C=O) groups is 1. The van der Waals surface area contributed by atoms with Crippen LogP contribution in [0.2, 0.25) is 0 Å². The molecule has 2 heteroatoms. The van der Waals surface area contributed by atoms with Crippen molar-refractivity contribution in [2.24, 2.45) is 5.92 Å². The molecular weight excluding hydrogens is 126 g/mol. The van der Waals surface area contributed by atoms with Crippen molar-refractivity contribution in [1.29, 1.82) is 0 Å². The fourth-order valence-corrected chi connectivity index (χ4v) is 1.48. The van der Waals surface area contributed by atoms with Crippen LogP contribution in [0.5, 0.6) is 0 Å². The summed E-state index contributed by atoms with van der Waals surface area (Å²) in [5.74, 6) is 0.715. The van der Waals surface area contributed by atoms with Crippen molar-refractivity contribution in [2.45, 2.75) is 26.3 Å². The summed E-state index contributed by atoms with van der Waals surface area (Å²) >= 11 is 0. The van der Waals surface area contributed by atoms with Crippen LogP contribution >= 0.6 is 0 Å². The van der Waals surface area contributed by atoms with Crippen molar-refractivity contribution in [1.82, 2.24) is 0 Å². The number of piperidine rings is 1. The van der Waals surface area contributed by atoms with Crippen LogP contribution in [0.3, 0.4) is 0 Å². The molecule has 3 atom stereocenters. The second-order valence-corrected chi connectivity index (χ2v) is 3.39. The standard InChI is InChI=1S/C8H15NO/c1-6-7(2)9(3)5-4-8(6)10/h6-7H,4-5H2,1-3H3/p+1/t6-,7-/m1/s1. The molecular formula is C8H16NO+. The highest BCUT2D eigenvalue weighted by atomic mass is 16.1. The molecule has 1 fully saturated rings. The molecule has 0 aliphatic carbocycles. The predicted octanol–water partition coefficient (Wildman–Crippen LogP) is -0.501. The van der Waals surface area contributed by atoms with Crippen LogP contribution in [-0.2, 0) is 4.79 Å². The molecule has 0 amide bonds. The zero-order chi connectivity index (χ0) is 7.72. The van der Waals surface area contributed by atoms with E-state index in [-0.39, 0.29) is 5.92 Å². The molecule has 58 valence electrons. The number of Topliss-reactive ketones (excluding diaryl/α,β-unsaturated/α-hetero) is 1. The van der Waals surface area contributed by atoms with E-state index in [2.05, 4.69) is 14.0 Å². The van der Waals surface area contributed by atoms with Crippen molar-refractivity contribution < 1.29 is 9.69 Å². The van der Waals surface area contributed by atoms with Crippen LogP contribution in [0.4, 0.5) is 0 Å². The molecule has 0 aromatic heterocycles. The fraction of sp³-hybridized carbons (Fsp3) is 0.875. The van der Waals surface area contributed by atoms with Gasteiger partial charge in [0.1, 0.15) is 5.78 Å². The molecule has 0 aromatic rings. The van der Waals surface area contributed by atoms with E-state index < -0.39 is 0 Å². The molecule has 0 bridgehead atoms. The van der Waals surface area contributed by atoms with E-state index in [4.69, 9.17) is 0 Å². The first-order valence-electron chi connectivity index (χ1n) is 3.98. The summed E-state index contributed by atoms with van der Waals surface area (Å²) in [6.07, 6.45) is 0.775. The Bertz CT molecular complexity index is 144. The third kappa shape index (κ3) is 1.21. The minimum Gasteiger partial charge on any atom is -0.334 e. The van der Waals surface area contributed by atoms with Crippen LogP contribution in [0, 0.1) is 5.92 Å². The van der Waals surface area contributed by atoms with Crippen molar-refractivity contribution >= 4 is 5.78 Å². The van der Waals surface area contributed by atoms with Gasteiger partial charge in [-0.3, -0.25) is 4.79 Å². The lowest BCUT2D eigenvalue weighted by molar-refractivity contribution is -0.909. The molecule has 0 radical (unpaired) electrons. The summed E-state index contributed by atoms with van der Waals surface area (Å²) in [4.78, 5) is 12.6. The third-order valence-corrected chi connectivity index (χ3v) is 2.80. The van der Waals surface area contributed by atoms with Crippen LogP contribution in [0.1, 0.15) is 20.3 Å². The Morgan fingerprint density at radius 3 is 2.60 bits per heavy atom. The van der Waals surface area contributed by atoms with E-state index in [9.17, 15) is 4.79 Å². The zero-order valence-corrected chi connectivity index (χ0v) is 6.98. The highest BCUT2D eigenvalue weighted by Gasteiger charge is 2.31. The smallest absolute Gasteiger partial charge is 0.147 e. The molecule has 1 unspecified atom stereocenters. The lowest BCUT2D eigenvalue weighted by atomic mass is 9.91. The Hall–Kier alpha value is -0.370. The largest absolute Gasteiger partial charge is 0.334 e.